The first-order valence-electron chi connectivity index (χ1n) is 23.2. The largest absolute Gasteiger partial charge is 0.481 e. The Morgan fingerprint density at radius 3 is 1.58 bits per heavy atom. The van der Waals surface area contributed by atoms with Crippen molar-refractivity contribution in [3.8, 4) is 0 Å². The van der Waals surface area contributed by atoms with E-state index < -0.39 is 146 Å². The van der Waals surface area contributed by atoms with E-state index >= 15 is 0 Å². The van der Waals surface area contributed by atoms with Gasteiger partial charge in [0, 0.05) is 13.0 Å². The molecule has 0 unspecified atom stereocenters. The molecule has 0 fully saturated rings. The van der Waals surface area contributed by atoms with Crippen LogP contribution in [0.2, 0.25) is 0 Å². The zero-order chi connectivity index (χ0) is 55.2. The Kier molecular flexibility index (Phi) is 29.0. The van der Waals surface area contributed by atoms with Crippen LogP contribution in [-0.4, -0.2) is 162 Å². The van der Waals surface area contributed by atoms with Crippen LogP contribution >= 0.6 is 0 Å². The van der Waals surface area contributed by atoms with Gasteiger partial charge in [-0.15, -0.1) is 0 Å². The molecule has 1 aromatic rings. The molecule has 0 aliphatic carbocycles. The van der Waals surface area contributed by atoms with Crippen molar-refractivity contribution in [3.63, 3.8) is 0 Å². The van der Waals surface area contributed by atoms with Crippen molar-refractivity contribution >= 4 is 77.0 Å². The molecule has 1 rings (SSSR count). The minimum Gasteiger partial charge on any atom is -0.481 e. The van der Waals surface area contributed by atoms with Crippen molar-refractivity contribution in [1.29, 1.82) is 0 Å². The number of nitrogens with zero attached hydrogens (tertiary/aromatic N) is 1. The minimum absolute atomic E-state index is 0.0723. The lowest BCUT2D eigenvalue weighted by atomic mass is 10.0. The fourth-order valence-corrected chi connectivity index (χ4v) is 6.53. The summed E-state index contributed by atoms with van der Waals surface area (Å²) in [5.41, 5.74) is 27.8. The average molecular weight is 1030 g/mol. The van der Waals surface area contributed by atoms with E-state index in [2.05, 4.69) is 52.8 Å². The molecule has 73 heavy (non-hydrogen) atoms. The molecule has 7 atom stereocenters. The van der Waals surface area contributed by atoms with Crippen molar-refractivity contribution in [2.75, 3.05) is 32.7 Å². The van der Waals surface area contributed by atoms with E-state index in [9.17, 15) is 67.7 Å². The van der Waals surface area contributed by atoms with Crippen LogP contribution in [0.5, 0.6) is 0 Å². The number of amides is 10. The molecular weight excluding hydrogens is 963 g/mol. The van der Waals surface area contributed by atoms with E-state index in [4.69, 9.17) is 28.7 Å². The second-order valence-electron chi connectivity index (χ2n) is 17.1. The number of hydrogen-bond donors (Lipinski definition) is 16. The van der Waals surface area contributed by atoms with Crippen LogP contribution in [0.3, 0.4) is 0 Å². The summed E-state index contributed by atoms with van der Waals surface area (Å²) in [5, 5.41) is 39.7. The maximum atomic E-state index is 13.7. The number of hydrogen-bond acceptors (Lipinski definition) is 15. The van der Waals surface area contributed by atoms with Crippen molar-refractivity contribution < 1.29 is 67.7 Å². The third-order valence-corrected chi connectivity index (χ3v) is 10.2. The number of carbonyl (C=O) groups excluding carboxylic acids is 10. The molecule has 29 heteroatoms. The monoisotopic (exact) mass is 1030 g/mol. The normalized spacial score (nSPS) is 13.6. The number of carbonyl (C=O) groups is 12. The molecule has 406 valence electrons. The maximum absolute atomic E-state index is 13.7. The molecule has 0 saturated carbocycles. The molecular formula is C44H71N15O14. The summed E-state index contributed by atoms with van der Waals surface area (Å²) < 4.78 is 0. The van der Waals surface area contributed by atoms with Crippen molar-refractivity contribution in [2.24, 2.45) is 39.6 Å². The second-order valence-corrected chi connectivity index (χ2v) is 17.1. The fourth-order valence-electron chi connectivity index (χ4n) is 6.53. The third kappa shape index (κ3) is 27.3. The first-order chi connectivity index (χ1) is 34.3. The van der Waals surface area contributed by atoms with E-state index in [1.165, 1.54) is 6.92 Å². The lowest BCUT2D eigenvalue weighted by Crippen LogP contribution is -2.58. The smallest absolute Gasteiger partial charge is 0.326 e. The third-order valence-electron chi connectivity index (χ3n) is 10.2. The Hall–Kier alpha value is -7.95. The highest BCUT2D eigenvalue weighted by atomic mass is 16.4. The van der Waals surface area contributed by atoms with Gasteiger partial charge >= 0.3 is 11.9 Å². The van der Waals surface area contributed by atoms with E-state index in [1.807, 2.05) is 0 Å². The van der Waals surface area contributed by atoms with Gasteiger partial charge in [0.25, 0.3) is 0 Å². The topological polar surface area (TPSA) is 496 Å². The minimum atomic E-state index is -1.79. The molecule has 0 spiro atoms. The summed E-state index contributed by atoms with van der Waals surface area (Å²) in [6.07, 6.45) is -0.365. The Morgan fingerprint density at radius 2 is 1.07 bits per heavy atom. The van der Waals surface area contributed by atoms with E-state index in [-0.39, 0.29) is 44.1 Å². The highest BCUT2D eigenvalue weighted by molar-refractivity contribution is 5.98. The highest BCUT2D eigenvalue weighted by Gasteiger charge is 2.32. The van der Waals surface area contributed by atoms with Gasteiger partial charge in [-0.25, -0.2) is 4.79 Å². The molecule has 21 N–H and O–H groups in total. The number of nitrogens with two attached hydrogens (primary N) is 5. The first-order valence-corrected chi connectivity index (χ1v) is 23.2. The van der Waals surface area contributed by atoms with Crippen molar-refractivity contribution in [1.82, 2.24) is 47.9 Å². The number of nitrogens with one attached hydrogen (secondary N) is 9. The van der Waals surface area contributed by atoms with Gasteiger partial charge in [0.05, 0.1) is 38.5 Å². The molecule has 10 amide bonds. The number of aliphatic carboxylic acids is 2. The van der Waals surface area contributed by atoms with Gasteiger partial charge in [0.1, 0.15) is 36.3 Å². The zero-order valence-corrected chi connectivity index (χ0v) is 41.0. The van der Waals surface area contributed by atoms with Gasteiger partial charge in [-0.2, -0.15) is 0 Å². The van der Waals surface area contributed by atoms with Gasteiger partial charge in [-0.1, -0.05) is 44.2 Å². The number of aliphatic imine (C=N–C) groups is 1. The van der Waals surface area contributed by atoms with E-state index in [1.54, 1.807) is 44.2 Å². The van der Waals surface area contributed by atoms with E-state index in [0.29, 0.717) is 31.4 Å². The van der Waals surface area contributed by atoms with Crippen LogP contribution in [0, 0.1) is 5.92 Å². The second kappa shape index (κ2) is 33.6. The summed E-state index contributed by atoms with van der Waals surface area (Å²) in [5.74, 6) is -12.8. The fraction of sp³-hybridized carbons (Fsp3) is 0.568. The lowest BCUT2D eigenvalue weighted by molar-refractivity contribution is -0.142. The number of primary amides is 1. The molecule has 0 aromatic heterocycles. The number of carboxylic acids is 2. The molecule has 1 aromatic carbocycles. The summed E-state index contributed by atoms with van der Waals surface area (Å²) >= 11 is 0. The van der Waals surface area contributed by atoms with Gasteiger partial charge in [-0.3, -0.25) is 57.7 Å². The van der Waals surface area contributed by atoms with Gasteiger partial charge in [-0.05, 0) is 63.5 Å². The Labute approximate surface area is 420 Å². The van der Waals surface area contributed by atoms with Gasteiger partial charge < -0.3 is 86.7 Å². The van der Waals surface area contributed by atoms with Crippen LogP contribution in [0.15, 0.2) is 35.3 Å². The summed E-state index contributed by atoms with van der Waals surface area (Å²) in [4.78, 5) is 157. The summed E-state index contributed by atoms with van der Waals surface area (Å²) in [6, 6.07) is -1.47. The number of benzene rings is 1. The molecule has 0 radical (unpaired) electrons. The predicted molar refractivity (Wildman–Crippen MR) is 260 cm³/mol. The van der Waals surface area contributed by atoms with Gasteiger partial charge in [0.2, 0.25) is 59.1 Å². The van der Waals surface area contributed by atoms with Crippen molar-refractivity contribution in [3.05, 3.63) is 35.9 Å². The van der Waals surface area contributed by atoms with E-state index in [0.717, 1.165) is 0 Å². The van der Waals surface area contributed by atoms with Crippen LogP contribution in [-0.2, 0) is 64.0 Å². The summed E-state index contributed by atoms with van der Waals surface area (Å²) in [6.45, 7) is 2.91. The van der Waals surface area contributed by atoms with Crippen LogP contribution in [0.4, 0.5) is 0 Å². The highest BCUT2D eigenvalue weighted by Crippen LogP contribution is 2.08. The molecule has 0 aliphatic heterocycles. The molecule has 29 nitrogen and oxygen atoms in total. The van der Waals surface area contributed by atoms with Crippen LogP contribution < -0.4 is 76.5 Å². The zero-order valence-electron chi connectivity index (χ0n) is 41.0. The molecule has 0 aliphatic rings. The predicted octanol–water partition coefficient (Wildman–Crippen LogP) is -6.50. The number of carboxylic acid groups (broad SMARTS) is 2. The molecule has 0 bridgehead atoms. The number of guanidine groups is 1. The Balaban J connectivity index is 3.03. The summed E-state index contributed by atoms with van der Waals surface area (Å²) in [7, 11) is 0. The molecule has 0 saturated heterocycles. The first kappa shape index (κ1) is 63.1. The average Bonchev–Trinajstić information content (AvgIpc) is 3.31. The number of unbranched alkanes of at least 4 members (excludes halogenated alkanes) is 1. The molecule has 0 heterocycles. The standard InChI is InChI=1S/C44H71N15O14/c1-23(2)16-28(41(70)59-31(19-36(64)65)40(69)52-20-33(61)54-24(3)37(66)57-27(43(72)73)13-7-8-14-45)55-35(63)22-53-39(68)30(18-32(47)60)58-42(71)29(17-25-10-5-4-6-11-25)56-34(62)21-51-38(67)26(46)12-9-15-50-44(48)49/h4-6,10-11,23-24,26-31H,7-9,12-22,45-46H2,1-3H3,(H2,47,60)(H,51,67)(H,52,69)(H,53,68)(H,54,61)(H,55,63)(H,56,62)(H,57,66)(H,58,71)(H,59,70)(H,64,65)(H,72,73)(H4,48,49,50)/t24-,26-,27-,28-,29-,30-,31-/m0/s1. The Morgan fingerprint density at radius 1 is 0.562 bits per heavy atom. The quantitative estimate of drug-likeness (QED) is 0.0171. The van der Waals surface area contributed by atoms with Gasteiger partial charge in [0.15, 0.2) is 5.96 Å². The van der Waals surface area contributed by atoms with Crippen molar-refractivity contribution in [2.45, 2.75) is 121 Å². The van der Waals surface area contributed by atoms with Crippen LogP contribution in [0.1, 0.15) is 77.7 Å². The SMILES string of the molecule is CC(C)C[C@H](NC(=O)CNC(=O)[C@H](CC(N)=O)NC(=O)[C@H](Cc1ccccc1)NC(=O)CNC(=O)[C@@H](N)CCCN=C(N)N)C(=O)N[C@@H](CC(=O)O)C(=O)NCC(=O)N[C@@H](C)C(=O)N[C@@H](CCCCN)C(=O)O. The van der Waals surface area contributed by atoms with Crippen LogP contribution in [0.25, 0.3) is 0 Å². The Bertz CT molecular complexity index is 2110. The lowest BCUT2D eigenvalue weighted by Gasteiger charge is -2.24. The maximum Gasteiger partial charge on any atom is 0.326 e. The number of rotatable bonds is 35.